The largest absolute Gasteiger partial charge is 0.466 e. The zero-order chi connectivity index (χ0) is 27.2. The number of anilines is 1. The molecule has 3 aromatic rings. The number of pyridine rings is 1. The van der Waals surface area contributed by atoms with Gasteiger partial charge >= 0.3 is 5.97 Å². The van der Waals surface area contributed by atoms with Gasteiger partial charge in [0.05, 0.1) is 23.4 Å². The van der Waals surface area contributed by atoms with Gasteiger partial charge in [0.2, 0.25) is 0 Å². The number of halogens is 3. The molecule has 0 fully saturated rings. The third-order valence-electron chi connectivity index (χ3n) is 5.14. The summed E-state index contributed by atoms with van der Waals surface area (Å²) in [5.74, 6) is -3.80. The standard InChI is InChI=1S/C25H23F3N2O4.C2H6/c1-14-11-16(9-10-34-15(2)31)12-21(28)23(14)30-22(32)8-7-19(25(30)29(3)4)24(33)18-6-5-17(26)13-20(18)27;1-2/h5-8,11-13H,9-10H2,1-4H3;1-2H3. The van der Waals surface area contributed by atoms with Crippen molar-refractivity contribution < 1.29 is 27.5 Å². The Morgan fingerprint density at radius 1 is 0.944 bits per heavy atom. The monoisotopic (exact) mass is 502 g/mol. The van der Waals surface area contributed by atoms with Crippen LogP contribution < -0.4 is 10.5 Å². The second kappa shape index (κ2) is 12.2. The van der Waals surface area contributed by atoms with E-state index in [1.807, 2.05) is 13.8 Å². The van der Waals surface area contributed by atoms with E-state index in [0.29, 0.717) is 17.2 Å². The van der Waals surface area contributed by atoms with Crippen molar-refractivity contribution in [3.63, 3.8) is 0 Å². The van der Waals surface area contributed by atoms with Crippen LogP contribution in [0.3, 0.4) is 0 Å². The van der Waals surface area contributed by atoms with Crippen molar-refractivity contribution >= 4 is 17.6 Å². The van der Waals surface area contributed by atoms with E-state index in [9.17, 15) is 23.2 Å². The van der Waals surface area contributed by atoms with Crippen LogP contribution in [0, 0.1) is 24.4 Å². The van der Waals surface area contributed by atoms with E-state index < -0.39 is 34.8 Å². The van der Waals surface area contributed by atoms with Gasteiger partial charge in [-0.25, -0.2) is 13.2 Å². The number of hydrogen-bond donors (Lipinski definition) is 0. The maximum absolute atomic E-state index is 15.3. The SMILES string of the molecule is CC.CC(=O)OCCc1cc(C)c(-n2c(N(C)C)c(C(=O)c3ccc(F)cc3F)ccc2=O)c(F)c1. The van der Waals surface area contributed by atoms with Crippen molar-refractivity contribution in [3.8, 4) is 5.69 Å². The van der Waals surface area contributed by atoms with Crippen LogP contribution in [0.25, 0.3) is 5.69 Å². The molecule has 0 saturated carbocycles. The number of rotatable bonds is 7. The number of nitrogens with zero attached hydrogens (tertiary/aromatic N) is 2. The lowest BCUT2D eigenvalue weighted by atomic mass is 10.0. The van der Waals surface area contributed by atoms with Gasteiger partial charge in [0, 0.05) is 39.6 Å². The van der Waals surface area contributed by atoms with Crippen molar-refractivity contribution in [1.82, 2.24) is 4.57 Å². The Kier molecular flexibility index (Phi) is 9.60. The van der Waals surface area contributed by atoms with Gasteiger partial charge < -0.3 is 9.64 Å². The molecule has 1 aromatic heterocycles. The Balaban J connectivity index is 0.00000222. The van der Waals surface area contributed by atoms with Crippen molar-refractivity contribution in [2.24, 2.45) is 0 Å². The molecule has 3 rings (SSSR count). The molecule has 0 N–H and O–H groups in total. The molecule has 0 amide bonds. The average Bonchev–Trinajstić information content (AvgIpc) is 2.80. The number of benzene rings is 2. The Morgan fingerprint density at radius 2 is 1.58 bits per heavy atom. The van der Waals surface area contributed by atoms with Crippen molar-refractivity contribution in [2.75, 3.05) is 25.6 Å². The Morgan fingerprint density at radius 3 is 2.14 bits per heavy atom. The van der Waals surface area contributed by atoms with Gasteiger partial charge in [-0.1, -0.05) is 19.9 Å². The number of ketones is 1. The molecule has 0 bridgehead atoms. The molecule has 0 unspecified atom stereocenters. The lowest BCUT2D eigenvalue weighted by Crippen LogP contribution is -2.29. The number of ether oxygens (including phenoxy) is 1. The minimum atomic E-state index is -1.05. The zero-order valence-corrected chi connectivity index (χ0v) is 21.1. The average molecular weight is 503 g/mol. The number of carbonyl (C=O) groups excluding carboxylic acids is 2. The summed E-state index contributed by atoms with van der Waals surface area (Å²) < 4.78 is 48.9. The Hall–Kier alpha value is -3.88. The van der Waals surface area contributed by atoms with Gasteiger partial charge in [-0.05, 0) is 42.3 Å². The molecule has 0 atom stereocenters. The molecule has 1 heterocycles. The van der Waals surface area contributed by atoms with Crippen LogP contribution in [0.4, 0.5) is 19.0 Å². The maximum atomic E-state index is 15.3. The predicted molar refractivity (Wildman–Crippen MR) is 133 cm³/mol. The minimum Gasteiger partial charge on any atom is -0.466 e. The molecular weight excluding hydrogens is 473 g/mol. The quantitative estimate of drug-likeness (QED) is 0.336. The lowest BCUT2D eigenvalue weighted by Gasteiger charge is -2.24. The van der Waals surface area contributed by atoms with Gasteiger partial charge in [0.15, 0.2) is 5.78 Å². The van der Waals surface area contributed by atoms with E-state index in [2.05, 4.69) is 0 Å². The van der Waals surface area contributed by atoms with Crippen LogP contribution in [0.2, 0.25) is 0 Å². The van der Waals surface area contributed by atoms with Gasteiger partial charge in [-0.3, -0.25) is 19.0 Å². The summed E-state index contributed by atoms with van der Waals surface area (Å²) in [5, 5.41) is 0. The molecule has 6 nitrogen and oxygen atoms in total. The van der Waals surface area contributed by atoms with Crippen LogP contribution in [0.1, 0.15) is 47.8 Å². The van der Waals surface area contributed by atoms with Crippen LogP contribution >= 0.6 is 0 Å². The lowest BCUT2D eigenvalue weighted by molar-refractivity contribution is -0.140. The highest BCUT2D eigenvalue weighted by Gasteiger charge is 2.25. The van der Waals surface area contributed by atoms with Gasteiger partial charge in [0.25, 0.3) is 5.56 Å². The first-order chi connectivity index (χ1) is 17.0. The first-order valence-corrected chi connectivity index (χ1v) is 11.4. The van der Waals surface area contributed by atoms with Crippen LogP contribution in [0.15, 0.2) is 47.3 Å². The molecule has 0 aliphatic heterocycles. The summed E-state index contributed by atoms with van der Waals surface area (Å²) in [4.78, 5) is 38.4. The van der Waals surface area contributed by atoms with Crippen LogP contribution in [-0.2, 0) is 16.0 Å². The molecule has 9 heteroatoms. The van der Waals surface area contributed by atoms with Gasteiger partial charge in [-0.15, -0.1) is 0 Å². The maximum Gasteiger partial charge on any atom is 0.302 e. The first kappa shape index (κ1) is 28.4. The molecule has 0 aliphatic carbocycles. The molecular formula is C27H29F3N2O4. The third-order valence-corrected chi connectivity index (χ3v) is 5.14. The summed E-state index contributed by atoms with van der Waals surface area (Å²) in [6.45, 7) is 6.95. The summed E-state index contributed by atoms with van der Waals surface area (Å²) in [6, 6.07) is 7.78. The summed E-state index contributed by atoms with van der Waals surface area (Å²) >= 11 is 0. The van der Waals surface area contributed by atoms with Crippen LogP contribution in [-0.4, -0.2) is 37.0 Å². The van der Waals surface area contributed by atoms with E-state index in [4.69, 9.17) is 4.74 Å². The third kappa shape index (κ3) is 6.21. The Bertz CT molecular complexity index is 1310. The van der Waals surface area contributed by atoms with Crippen molar-refractivity contribution in [3.05, 3.63) is 92.5 Å². The molecule has 36 heavy (non-hydrogen) atoms. The minimum absolute atomic E-state index is 0.0379. The molecule has 0 spiro atoms. The molecule has 2 aromatic carbocycles. The summed E-state index contributed by atoms with van der Waals surface area (Å²) in [5.41, 5.74) is -0.158. The second-order valence-electron chi connectivity index (χ2n) is 7.93. The number of carbonyl (C=O) groups is 2. The van der Waals surface area contributed by atoms with E-state index in [1.165, 1.54) is 24.0 Å². The van der Waals surface area contributed by atoms with E-state index >= 15 is 4.39 Å². The number of aryl methyl sites for hydroxylation is 1. The normalized spacial score (nSPS) is 10.4. The highest BCUT2D eigenvalue weighted by molar-refractivity contribution is 6.12. The summed E-state index contributed by atoms with van der Waals surface area (Å²) in [7, 11) is 3.12. The first-order valence-electron chi connectivity index (χ1n) is 11.4. The number of esters is 1. The topological polar surface area (TPSA) is 68.6 Å². The van der Waals surface area contributed by atoms with E-state index in [-0.39, 0.29) is 35.7 Å². The molecule has 0 aliphatic rings. The van der Waals surface area contributed by atoms with Crippen molar-refractivity contribution in [2.45, 2.75) is 34.1 Å². The number of aromatic nitrogens is 1. The zero-order valence-electron chi connectivity index (χ0n) is 21.1. The molecule has 192 valence electrons. The van der Waals surface area contributed by atoms with Crippen molar-refractivity contribution in [1.29, 1.82) is 0 Å². The smallest absolute Gasteiger partial charge is 0.302 e. The van der Waals surface area contributed by atoms with Crippen LogP contribution in [0.5, 0.6) is 0 Å². The number of hydrogen-bond acceptors (Lipinski definition) is 5. The van der Waals surface area contributed by atoms with E-state index in [1.54, 1.807) is 27.1 Å². The molecule has 0 radical (unpaired) electrons. The second-order valence-corrected chi connectivity index (χ2v) is 7.93. The fraction of sp³-hybridized carbons (Fsp3) is 0.296. The van der Waals surface area contributed by atoms with Gasteiger partial charge in [0.1, 0.15) is 23.3 Å². The molecule has 0 saturated heterocycles. The highest BCUT2D eigenvalue weighted by atomic mass is 19.1. The fourth-order valence-corrected chi connectivity index (χ4v) is 3.73. The van der Waals surface area contributed by atoms with Gasteiger partial charge in [-0.2, -0.15) is 0 Å². The highest BCUT2D eigenvalue weighted by Crippen LogP contribution is 2.28. The summed E-state index contributed by atoms with van der Waals surface area (Å²) in [6.07, 6.45) is 0.273. The fourth-order valence-electron chi connectivity index (χ4n) is 3.73. The Labute approximate surface area is 207 Å². The van der Waals surface area contributed by atoms with E-state index in [0.717, 1.165) is 22.8 Å². The predicted octanol–water partition coefficient (Wildman–Crippen LogP) is 4.99.